The third kappa shape index (κ3) is 4.02. The topological polar surface area (TPSA) is 114 Å². The third-order valence-electron chi connectivity index (χ3n) is 3.45. The standard InChI is InChI=1S/C15H17N5O2S.ClH/c16-15-18-10-12(20-15)6-3-9-19-23(21,22)13-7-1-4-11-5-2-8-17-14(11)13;/h1-2,4-5,7-8,10,19H,3,6,9H2,(H3,16,18,20);1H. The zero-order chi connectivity index (χ0) is 16.3. The van der Waals surface area contributed by atoms with Gasteiger partial charge in [-0.1, -0.05) is 18.2 Å². The van der Waals surface area contributed by atoms with E-state index in [9.17, 15) is 8.42 Å². The summed E-state index contributed by atoms with van der Waals surface area (Å²) in [6, 6.07) is 8.73. The first-order valence-electron chi connectivity index (χ1n) is 7.19. The molecule has 4 N–H and O–H groups in total. The van der Waals surface area contributed by atoms with Crippen molar-refractivity contribution in [1.29, 1.82) is 0 Å². The van der Waals surface area contributed by atoms with E-state index in [2.05, 4.69) is 19.7 Å². The number of nitrogens with two attached hydrogens (primary N) is 1. The van der Waals surface area contributed by atoms with E-state index in [1.165, 1.54) is 0 Å². The van der Waals surface area contributed by atoms with Gasteiger partial charge >= 0.3 is 0 Å². The van der Waals surface area contributed by atoms with Crippen molar-refractivity contribution in [1.82, 2.24) is 19.7 Å². The lowest BCUT2D eigenvalue weighted by molar-refractivity contribution is 0.579. The highest BCUT2D eigenvalue weighted by Gasteiger charge is 2.17. The van der Waals surface area contributed by atoms with Gasteiger partial charge in [0.2, 0.25) is 10.0 Å². The molecule has 0 spiro atoms. The SMILES string of the molecule is Cl.Nc1ncc(CCCNS(=O)(=O)c2cccc3cccnc23)[nH]1. The second-order valence-corrected chi connectivity index (χ2v) is 6.86. The number of aromatic amines is 1. The van der Waals surface area contributed by atoms with E-state index >= 15 is 0 Å². The minimum atomic E-state index is -3.60. The normalized spacial score (nSPS) is 11.3. The van der Waals surface area contributed by atoms with Crippen molar-refractivity contribution in [3.05, 3.63) is 48.4 Å². The molecule has 0 radical (unpaired) electrons. The molecule has 24 heavy (non-hydrogen) atoms. The first-order valence-corrected chi connectivity index (χ1v) is 8.67. The van der Waals surface area contributed by atoms with Crippen LogP contribution in [0.25, 0.3) is 10.9 Å². The second-order valence-electron chi connectivity index (χ2n) is 5.13. The number of sulfonamides is 1. The summed E-state index contributed by atoms with van der Waals surface area (Å²) in [5, 5.41) is 0.795. The van der Waals surface area contributed by atoms with Gasteiger partial charge in [0.05, 0.1) is 11.7 Å². The van der Waals surface area contributed by atoms with Crippen LogP contribution in [0.3, 0.4) is 0 Å². The summed E-state index contributed by atoms with van der Waals surface area (Å²) < 4.78 is 27.6. The number of halogens is 1. The number of para-hydroxylation sites is 1. The van der Waals surface area contributed by atoms with E-state index in [0.29, 0.717) is 30.9 Å². The molecular weight excluding hydrogens is 350 g/mol. The average Bonchev–Trinajstić information content (AvgIpc) is 2.96. The zero-order valence-corrected chi connectivity index (χ0v) is 14.4. The summed E-state index contributed by atoms with van der Waals surface area (Å²) in [6.07, 6.45) is 4.54. The number of nitrogens with one attached hydrogen (secondary N) is 2. The van der Waals surface area contributed by atoms with Crippen LogP contribution in [0, 0.1) is 0 Å². The van der Waals surface area contributed by atoms with Gasteiger partial charge in [-0.3, -0.25) is 4.98 Å². The molecule has 0 aliphatic heterocycles. The molecule has 0 fully saturated rings. The lowest BCUT2D eigenvalue weighted by atomic mass is 10.2. The van der Waals surface area contributed by atoms with E-state index in [1.807, 2.05) is 12.1 Å². The number of H-pyrrole nitrogens is 1. The second kappa shape index (κ2) is 7.61. The molecule has 128 valence electrons. The van der Waals surface area contributed by atoms with Gasteiger partial charge in [-0.2, -0.15) is 0 Å². The molecule has 2 aromatic heterocycles. The zero-order valence-electron chi connectivity index (χ0n) is 12.8. The van der Waals surface area contributed by atoms with E-state index in [-0.39, 0.29) is 17.3 Å². The number of aromatic nitrogens is 3. The van der Waals surface area contributed by atoms with Crippen molar-refractivity contribution in [2.75, 3.05) is 12.3 Å². The highest BCUT2D eigenvalue weighted by molar-refractivity contribution is 7.89. The van der Waals surface area contributed by atoms with Crippen molar-refractivity contribution < 1.29 is 8.42 Å². The molecule has 0 unspecified atom stereocenters. The Hall–Kier alpha value is -2.16. The van der Waals surface area contributed by atoms with Crippen molar-refractivity contribution >= 4 is 39.3 Å². The lowest BCUT2D eigenvalue weighted by Crippen LogP contribution is -2.25. The molecule has 0 aliphatic rings. The first-order chi connectivity index (χ1) is 11.1. The van der Waals surface area contributed by atoms with Crippen molar-refractivity contribution in [3.63, 3.8) is 0 Å². The van der Waals surface area contributed by atoms with Crippen molar-refractivity contribution in [2.45, 2.75) is 17.7 Å². The molecule has 1 aromatic carbocycles. The van der Waals surface area contributed by atoms with E-state index < -0.39 is 10.0 Å². The van der Waals surface area contributed by atoms with Crippen LogP contribution < -0.4 is 10.5 Å². The maximum atomic E-state index is 12.5. The van der Waals surface area contributed by atoms with Gasteiger partial charge in [0.25, 0.3) is 0 Å². The Morgan fingerprint density at radius 2 is 1.96 bits per heavy atom. The van der Waals surface area contributed by atoms with Crippen LogP contribution in [-0.4, -0.2) is 29.9 Å². The van der Waals surface area contributed by atoms with Crippen molar-refractivity contribution in [2.24, 2.45) is 0 Å². The Labute approximate surface area is 146 Å². The fourth-order valence-corrected chi connectivity index (χ4v) is 3.61. The van der Waals surface area contributed by atoms with Crippen LogP contribution in [0.4, 0.5) is 5.95 Å². The Morgan fingerprint density at radius 3 is 2.71 bits per heavy atom. The molecule has 0 saturated carbocycles. The van der Waals surface area contributed by atoms with Gasteiger partial charge in [0.15, 0.2) is 5.95 Å². The van der Waals surface area contributed by atoms with E-state index in [1.54, 1.807) is 30.6 Å². The highest BCUT2D eigenvalue weighted by Crippen LogP contribution is 2.20. The van der Waals surface area contributed by atoms with Crippen LogP contribution in [0.1, 0.15) is 12.1 Å². The molecule has 0 amide bonds. The van der Waals surface area contributed by atoms with Crippen LogP contribution >= 0.6 is 12.4 Å². The molecular formula is C15H18ClN5O2S. The maximum Gasteiger partial charge on any atom is 0.242 e. The summed E-state index contributed by atoms with van der Waals surface area (Å²) in [6.45, 7) is 0.324. The quantitative estimate of drug-likeness (QED) is 0.575. The molecule has 9 heteroatoms. The number of nitrogens with zero attached hydrogens (tertiary/aromatic N) is 2. The number of anilines is 1. The number of fused-ring (bicyclic) bond motifs is 1. The Balaban J connectivity index is 0.00000208. The number of nitrogen functional groups attached to an aromatic ring is 1. The Morgan fingerprint density at radius 1 is 1.17 bits per heavy atom. The number of benzene rings is 1. The monoisotopic (exact) mass is 367 g/mol. The molecule has 0 atom stereocenters. The van der Waals surface area contributed by atoms with Gasteiger partial charge in [0.1, 0.15) is 4.90 Å². The fraction of sp³-hybridized carbons (Fsp3) is 0.200. The minimum Gasteiger partial charge on any atom is -0.369 e. The highest BCUT2D eigenvalue weighted by atomic mass is 35.5. The molecule has 2 heterocycles. The molecule has 3 rings (SSSR count). The molecule has 0 aliphatic carbocycles. The van der Waals surface area contributed by atoms with Gasteiger partial charge in [-0.05, 0) is 25.0 Å². The van der Waals surface area contributed by atoms with Crippen LogP contribution in [-0.2, 0) is 16.4 Å². The average molecular weight is 368 g/mol. The summed E-state index contributed by atoms with van der Waals surface area (Å²) in [5.74, 6) is 0.363. The molecule has 3 aromatic rings. The third-order valence-corrected chi connectivity index (χ3v) is 4.94. The van der Waals surface area contributed by atoms with Crippen LogP contribution in [0.15, 0.2) is 47.6 Å². The number of hydrogen-bond acceptors (Lipinski definition) is 5. The van der Waals surface area contributed by atoms with Gasteiger partial charge in [0, 0.05) is 23.8 Å². The summed E-state index contributed by atoms with van der Waals surface area (Å²) in [4.78, 5) is 11.2. The summed E-state index contributed by atoms with van der Waals surface area (Å²) in [7, 11) is -3.60. The molecule has 0 saturated heterocycles. The van der Waals surface area contributed by atoms with Gasteiger partial charge < -0.3 is 10.7 Å². The molecule has 0 bridgehead atoms. The maximum absolute atomic E-state index is 12.5. The Bertz CT molecular complexity index is 921. The smallest absolute Gasteiger partial charge is 0.242 e. The van der Waals surface area contributed by atoms with E-state index in [4.69, 9.17) is 5.73 Å². The first kappa shape index (κ1) is 18.2. The Kier molecular flexibility index (Phi) is 5.76. The van der Waals surface area contributed by atoms with Crippen LogP contribution in [0.2, 0.25) is 0 Å². The summed E-state index contributed by atoms with van der Waals surface area (Å²) >= 11 is 0. The van der Waals surface area contributed by atoms with Gasteiger partial charge in [-0.15, -0.1) is 12.4 Å². The number of pyridine rings is 1. The van der Waals surface area contributed by atoms with Gasteiger partial charge in [-0.25, -0.2) is 18.1 Å². The largest absolute Gasteiger partial charge is 0.369 e. The minimum absolute atomic E-state index is 0. The van der Waals surface area contributed by atoms with Crippen molar-refractivity contribution in [3.8, 4) is 0 Å². The number of aryl methyl sites for hydroxylation is 1. The fourth-order valence-electron chi connectivity index (χ4n) is 2.36. The molecule has 7 nitrogen and oxygen atoms in total. The predicted molar refractivity (Wildman–Crippen MR) is 95.5 cm³/mol. The number of rotatable bonds is 6. The number of hydrogen-bond donors (Lipinski definition) is 3. The predicted octanol–water partition coefficient (Wildman–Crippen LogP) is 1.87. The lowest BCUT2D eigenvalue weighted by Gasteiger charge is -2.08. The van der Waals surface area contributed by atoms with E-state index in [0.717, 1.165) is 11.1 Å². The van der Waals surface area contributed by atoms with Crippen LogP contribution in [0.5, 0.6) is 0 Å². The summed E-state index contributed by atoms with van der Waals surface area (Å²) in [5.41, 5.74) is 6.85. The number of imidazole rings is 1.